The molecule has 0 aliphatic carbocycles. The summed E-state index contributed by atoms with van der Waals surface area (Å²) >= 11 is 1.79. The molecule has 1 aromatic heterocycles. The number of aromatic nitrogens is 1. The molecule has 1 fully saturated rings. The van der Waals surface area contributed by atoms with Crippen LogP contribution in [0, 0.1) is 5.92 Å². The van der Waals surface area contributed by atoms with Gasteiger partial charge in [0.1, 0.15) is 0 Å². The van der Waals surface area contributed by atoms with Gasteiger partial charge in [-0.2, -0.15) is 0 Å². The number of nitrogens with zero attached hydrogens (tertiary/aromatic N) is 2. The first-order valence-corrected chi connectivity index (χ1v) is 7.86. The van der Waals surface area contributed by atoms with Crippen LogP contribution in [0.3, 0.4) is 0 Å². The van der Waals surface area contributed by atoms with Gasteiger partial charge >= 0.3 is 0 Å². The summed E-state index contributed by atoms with van der Waals surface area (Å²) < 4.78 is 0. The first kappa shape index (κ1) is 14.0. The minimum absolute atomic E-state index is 0.346. The zero-order valence-electron chi connectivity index (χ0n) is 11.7. The Hall–Kier alpha value is -0.450. The molecule has 4 heteroatoms. The van der Waals surface area contributed by atoms with Crippen molar-refractivity contribution in [1.82, 2.24) is 9.88 Å². The van der Waals surface area contributed by atoms with Crippen LogP contribution in [0.15, 0.2) is 5.38 Å². The van der Waals surface area contributed by atoms with Crippen molar-refractivity contribution in [1.29, 1.82) is 0 Å². The minimum atomic E-state index is 0.346. The summed E-state index contributed by atoms with van der Waals surface area (Å²) in [5.74, 6) is 1.26. The van der Waals surface area contributed by atoms with Crippen LogP contribution >= 0.6 is 11.3 Å². The molecular weight excluding hydrogens is 242 g/mol. The van der Waals surface area contributed by atoms with E-state index in [-0.39, 0.29) is 0 Å². The Bertz CT molecular complexity index is 365. The molecule has 2 heterocycles. The lowest BCUT2D eigenvalue weighted by molar-refractivity contribution is 0.164. The van der Waals surface area contributed by atoms with Crippen molar-refractivity contribution < 1.29 is 0 Å². The summed E-state index contributed by atoms with van der Waals surface area (Å²) in [6.45, 7) is 9.89. The van der Waals surface area contributed by atoms with Gasteiger partial charge in [-0.1, -0.05) is 13.8 Å². The Morgan fingerprint density at radius 3 is 2.56 bits per heavy atom. The summed E-state index contributed by atoms with van der Waals surface area (Å²) in [5, 5.41) is 3.47. The summed E-state index contributed by atoms with van der Waals surface area (Å²) in [6.07, 6.45) is 2.47. The van der Waals surface area contributed by atoms with Crippen molar-refractivity contribution in [2.75, 3.05) is 13.1 Å². The summed E-state index contributed by atoms with van der Waals surface area (Å²) in [6, 6.07) is 0.346. The third-order valence-corrected chi connectivity index (χ3v) is 5.02. The number of hydrogen-bond acceptors (Lipinski definition) is 4. The van der Waals surface area contributed by atoms with Crippen LogP contribution in [-0.2, 0) is 6.54 Å². The Kier molecular flexibility index (Phi) is 4.76. The highest BCUT2D eigenvalue weighted by Crippen LogP contribution is 2.23. The van der Waals surface area contributed by atoms with Crippen LogP contribution in [-0.4, -0.2) is 29.0 Å². The Balaban J connectivity index is 1.84. The average Bonchev–Trinajstić information content (AvgIpc) is 2.78. The van der Waals surface area contributed by atoms with Gasteiger partial charge in [-0.3, -0.25) is 4.90 Å². The van der Waals surface area contributed by atoms with E-state index in [1.165, 1.54) is 36.6 Å². The van der Waals surface area contributed by atoms with E-state index in [0.717, 1.165) is 6.54 Å². The quantitative estimate of drug-likeness (QED) is 0.912. The fourth-order valence-electron chi connectivity index (χ4n) is 2.53. The number of piperidine rings is 1. The van der Waals surface area contributed by atoms with Crippen molar-refractivity contribution >= 4 is 11.3 Å². The second kappa shape index (κ2) is 6.13. The third-order valence-electron chi connectivity index (χ3n) is 3.82. The fraction of sp³-hybridized carbons (Fsp3) is 0.786. The van der Waals surface area contributed by atoms with Crippen LogP contribution in [0.2, 0.25) is 0 Å². The second-order valence-corrected chi connectivity index (χ2v) is 6.69. The number of nitrogens with two attached hydrogens (primary N) is 1. The molecular formula is C14H25N3S. The highest BCUT2D eigenvalue weighted by molar-refractivity contribution is 7.09. The van der Waals surface area contributed by atoms with Gasteiger partial charge in [0, 0.05) is 23.9 Å². The predicted octanol–water partition coefficient (Wildman–Crippen LogP) is 2.83. The molecule has 1 atom stereocenters. The van der Waals surface area contributed by atoms with Crippen molar-refractivity contribution in [3.8, 4) is 0 Å². The maximum atomic E-state index is 5.97. The zero-order valence-corrected chi connectivity index (χ0v) is 12.5. The standard InChI is InChI=1S/C14H25N3S/c1-10(2)14-16-13(9-18-14)8-17-6-4-12(5-7-17)11(3)15/h9-12H,4-8,15H2,1-3H3. The van der Waals surface area contributed by atoms with E-state index in [9.17, 15) is 0 Å². The molecule has 0 radical (unpaired) electrons. The first-order chi connectivity index (χ1) is 8.56. The smallest absolute Gasteiger partial charge is 0.0954 e. The molecule has 0 aromatic carbocycles. The van der Waals surface area contributed by atoms with Gasteiger partial charge in [-0.05, 0) is 38.8 Å². The average molecular weight is 267 g/mol. The molecule has 0 spiro atoms. The van der Waals surface area contributed by atoms with Gasteiger partial charge in [0.25, 0.3) is 0 Å². The van der Waals surface area contributed by atoms with Crippen molar-refractivity contribution in [3.05, 3.63) is 16.1 Å². The van der Waals surface area contributed by atoms with Crippen LogP contribution in [0.4, 0.5) is 0 Å². The second-order valence-electron chi connectivity index (χ2n) is 5.80. The molecule has 0 saturated carbocycles. The molecule has 102 valence electrons. The number of rotatable bonds is 4. The van der Waals surface area contributed by atoms with Crippen molar-refractivity contribution in [2.24, 2.45) is 11.7 Å². The van der Waals surface area contributed by atoms with Gasteiger partial charge in [0.2, 0.25) is 0 Å². The predicted molar refractivity (Wildman–Crippen MR) is 77.9 cm³/mol. The maximum absolute atomic E-state index is 5.97. The van der Waals surface area contributed by atoms with E-state index in [1.807, 2.05) is 0 Å². The monoisotopic (exact) mass is 267 g/mol. The molecule has 2 N–H and O–H groups in total. The number of hydrogen-bond donors (Lipinski definition) is 1. The molecule has 1 saturated heterocycles. The van der Waals surface area contributed by atoms with Gasteiger partial charge < -0.3 is 5.73 Å². The van der Waals surface area contributed by atoms with E-state index in [0.29, 0.717) is 17.9 Å². The molecule has 0 bridgehead atoms. The number of likely N-dealkylation sites (tertiary alicyclic amines) is 1. The van der Waals surface area contributed by atoms with Gasteiger partial charge in [0.15, 0.2) is 0 Å². The topological polar surface area (TPSA) is 42.2 Å². The van der Waals surface area contributed by atoms with Crippen LogP contribution in [0.25, 0.3) is 0 Å². The van der Waals surface area contributed by atoms with Crippen molar-refractivity contribution in [3.63, 3.8) is 0 Å². The fourth-order valence-corrected chi connectivity index (χ4v) is 3.35. The van der Waals surface area contributed by atoms with Gasteiger partial charge in [0.05, 0.1) is 10.7 Å². The molecule has 18 heavy (non-hydrogen) atoms. The normalized spacial score (nSPS) is 20.5. The maximum Gasteiger partial charge on any atom is 0.0954 e. The third kappa shape index (κ3) is 3.53. The van der Waals surface area contributed by atoms with Crippen LogP contribution in [0.5, 0.6) is 0 Å². The lowest BCUT2D eigenvalue weighted by Crippen LogP contribution is -2.39. The minimum Gasteiger partial charge on any atom is -0.328 e. The highest BCUT2D eigenvalue weighted by Gasteiger charge is 2.22. The summed E-state index contributed by atoms with van der Waals surface area (Å²) in [7, 11) is 0. The molecule has 3 nitrogen and oxygen atoms in total. The molecule has 0 amide bonds. The first-order valence-electron chi connectivity index (χ1n) is 6.98. The van der Waals surface area contributed by atoms with E-state index in [1.54, 1.807) is 11.3 Å². The van der Waals surface area contributed by atoms with Gasteiger partial charge in [-0.15, -0.1) is 11.3 Å². The Labute approximate surface area is 114 Å². The summed E-state index contributed by atoms with van der Waals surface area (Å²) in [5.41, 5.74) is 7.21. The largest absolute Gasteiger partial charge is 0.328 e. The van der Waals surface area contributed by atoms with Crippen LogP contribution < -0.4 is 5.73 Å². The van der Waals surface area contributed by atoms with E-state index in [2.05, 4.69) is 31.1 Å². The number of thiazole rings is 1. The molecule has 2 rings (SSSR count). The molecule has 1 aliphatic rings. The van der Waals surface area contributed by atoms with Crippen LogP contribution in [0.1, 0.15) is 50.2 Å². The lowest BCUT2D eigenvalue weighted by Gasteiger charge is -2.33. The SMILES string of the molecule is CC(C)c1nc(CN2CCC(C(C)N)CC2)cs1. The zero-order chi connectivity index (χ0) is 13.1. The van der Waals surface area contributed by atoms with E-state index < -0.39 is 0 Å². The van der Waals surface area contributed by atoms with E-state index >= 15 is 0 Å². The Morgan fingerprint density at radius 2 is 2.06 bits per heavy atom. The van der Waals surface area contributed by atoms with E-state index in [4.69, 9.17) is 10.7 Å². The molecule has 1 aliphatic heterocycles. The summed E-state index contributed by atoms with van der Waals surface area (Å²) in [4.78, 5) is 7.22. The molecule has 1 unspecified atom stereocenters. The molecule has 1 aromatic rings. The van der Waals surface area contributed by atoms with Crippen molar-refractivity contribution in [2.45, 2.75) is 52.1 Å². The Morgan fingerprint density at radius 1 is 1.39 bits per heavy atom. The highest BCUT2D eigenvalue weighted by atomic mass is 32.1. The lowest BCUT2D eigenvalue weighted by atomic mass is 9.91. The van der Waals surface area contributed by atoms with Gasteiger partial charge in [-0.25, -0.2) is 4.98 Å².